The normalized spacial score (nSPS) is 23.8. The van der Waals surface area contributed by atoms with Gasteiger partial charge in [0.15, 0.2) is 0 Å². The molecule has 0 unspecified atom stereocenters. The van der Waals surface area contributed by atoms with Crippen LogP contribution in [-0.2, 0) is 6.54 Å². The standard InChI is InChI=1S/C18H19N5S/c19-10-14-16(21)24-17(22)15(11-20)18(14)6-8-23(9-7-18)12-13-4-2-1-3-5-13/h1-5,14,21H,6-9,12,22H2/t14-/m0/s1. The fourth-order valence-electron chi connectivity index (χ4n) is 3.71. The molecule has 6 heteroatoms. The Bertz CT molecular complexity index is 748. The molecule has 2 heterocycles. The van der Waals surface area contributed by atoms with Crippen LogP contribution in [0, 0.1) is 39.4 Å². The first kappa shape index (κ1) is 16.6. The molecule has 0 radical (unpaired) electrons. The van der Waals surface area contributed by atoms with Gasteiger partial charge >= 0.3 is 0 Å². The zero-order chi connectivity index (χ0) is 17.2. The van der Waals surface area contributed by atoms with Crippen LogP contribution in [0.5, 0.6) is 0 Å². The summed E-state index contributed by atoms with van der Waals surface area (Å²) >= 11 is 1.06. The Kier molecular flexibility index (Phi) is 4.62. The Hall–Kier alpha value is -2.28. The second-order valence-corrected chi connectivity index (χ2v) is 7.38. The predicted octanol–water partition coefficient (Wildman–Crippen LogP) is 2.83. The number of rotatable bonds is 2. The number of nitriles is 2. The van der Waals surface area contributed by atoms with E-state index in [1.54, 1.807) is 0 Å². The molecule has 1 spiro atoms. The molecule has 122 valence electrons. The van der Waals surface area contributed by atoms with Crippen LogP contribution in [0.4, 0.5) is 0 Å². The maximum absolute atomic E-state index is 9.59. The maximum atomic E-state index is 9.59. The Morgan fingerprint density at radius 2 is 1.92 bits per heavy atom. The topological polar surface area (TPSA) is 101 Å². The molecule has 0 aromatic heterocycles. The SMILES string of the molecule is N#CC1=C(N)SC(=N)[C@H](C#N)C12CCN(Cc1ccccc1)CC2. The highest BCUT2D eigenvalue weighted by molar-refractivity contribution is 8.17. The summed E-state index contributed by atoms with van der Waals surface area (Å²) in [5, 5.41) is 28.0. The van der Waals surface area contributed by atoms with Crippen molar-refractivity contribution in [1.29, 1.82) is 15.9 Å². The van der Waals surface area contributed by atoms with Gasteiger partial charge in [0, 0.05) is 12.0 Å². The number of nitrogens with two attached hydrogens (primary N) is 1. The first-order valence-electron chi connectivity index (χ1n) is 7.93. The largest absolute Gasteiger partial charge is 0.392 e. The summed E-state index contributed by atoms with van der Waals surface area (Å²) in [5.74, 6) is -0.566. The summed E-state index contributed by atoms with van der Waals surface area (Å²) in [6.07, 6.45) is 1.37. The highest BCUT2D eigenvalue weighted by Crippen LogP contribution is 2.52. The van der Waals surface area contributed by atoms with Crippen molar-refractivity contribution < 1.29 is 0 Å². The van der Waals surface area contributed by atoms with Crippen molar-refractivity contribution in [3.8, 4) is 12.1 Å². The predicted molar refractivity (Wildman–Crippen MR) is 94.6 cm³/mol. The minimum Gasteiger partial charge on any atom is -0.392 e. The molecule has 3 rings (SSSR count). The molecule has 0 bridgehead atoms. The van der Waals surface area contributed by atoms with E-state index in [-0.39, 0.29) is 5.04 Å². The number of likely N-dealkylation sites (tertiary alicyclic amines) is 1. The Balaban J connectivity index is 1.82. The highest BCUT2D eigenvalue weighted by Gasteiger charge is 2.50. The van der Waals surface area contributed by atoms with Gasteiger partial charge in [-0.3, -0.25) is 10.3 Å². The van der Waals surface area contributed by atoms with Crippen molar-refractivity contribution >= 4 is 16.8 Å². The van der Waals surface area contributed by atoms with Gasteiger partial charge < -0.3 is 5.73 Å². The maximum Gasteiger partial charge on any atom is 0.105 e. The lowest BCUT2D eigenvalue weighted by Gasteiger charge is -2.46. The molecule has 5 nitrogen and oxygen atoms in total. The smallest absolute Gasteiger partial charge is 0.105 e. The average molecular weight is 337 g/mol. The minimum atomic E-state index is -0.594. The number of nitrogens with zero attached hydrogens (tertiary/aromatic N) is 3. The van der Waals surface area contributed by atoms with Gasteiger partial charge in [0.25, 0.3) is 0 Å². The summed E-state index contributed by atoms with van der Waals surface area (Å²) in [4.78, 5) is 2.34. The van der Waals surface area contributed by atoms with Crippen LogP contribution in [0.2, 0.25) is 0 Å². The number of hydrogen-bond acceptors (Lipinski definition) is 6. The van der Waals surface area contributed by atoms with Crippen molar-refractivity contribution in [3.05, 3.63) is 46.5 Å². The lowest BCUT2D eigenvalue weighted by molar-refractivity contribution is 0.116. The van der Waals surface area contributed by atoms with Crippen LogP contribution >= 0.6 is 11.8 Å². The van der Waals surface area contributed by atoms with E-state index in [1.165, 1.54) is 5.56 Å². The third-order valence-corrected chi connectivity index (χ3v) is 5.90. The molecule has 3 N–H and O–H groups in total. The number of hydrogen-bond donors (Lipinski definition) is 2. The molecule has 0 aliphatic carbocycles. The second-order valence-electron chi connectivity index (χ2n) is 6.30. The van der Waals surface area contributed by atoms with Crippen LogP contribution in [-0.4, -0.2) is 23.0 Å². The molecule has 1 atom stereocenters. The Labute approximate surface area is 146 Å². The van der Waals surface area contributed by atoms with Gasteiger partial charge in [0.2, 0.25) is 0 Å². The molecule has 2 aliphatic heterocycles. The molecule has 0 amide bonds. The van der Waals surface area contributed by atoms with Crippen LogP contribution < -0.4 is 5.73 Å². The van der Waals surface area contributed by atoms with Crippen LogP contribution in [0.25, 0.3) is 0 Å². The van der Waals surface area contributed by atoms with Crippen LogP contribution in [0.3, 0.4) is 0 Å². The number of nitrogens with one attached hydrogen (secondary N) is 1. The molecule has 2 aliphatic rings. The lowest BCUT2D eigenvalue weighted by atomic mass is 9.64. The van der Waals surface area contributed by atoms with Gasteiger partial charge in [-0.05, 0) is 31.5 Å². The first-order valence-corrected chi connectivity index (χ1v) is 8.75. The molecule has 24 heavy (non-hydrogen) atoms. The van der Waals surface area contributed by atoms with Gasteiger partial charge in [0.05, 0.1) is 27.8 Å². The van der Waals surface area contributed by atoms with Crippen molar-refractivity contribution in [3.63, 3.8) is 0 Å². The van der Waals surface area contributed by atoms with Crippen molar-refractivity contribution in [1.82, 2.24) is 4.90 Å². The molecule has 1 fully saturated rings. The highest BCUT2D eigenvalue weighted by atomic mass is 32.2. The molecule has 1 saturated heterocycles. The summed E-state index contributed by atoms with van der Waals surface area (Å²) in [5.41, 5.74) is 7.19. The number of piperidine rings is 1. The van der Waals surface area contributed by atoms with Crippen molar-refractivity contribution in [2.24, 2.45) is 17.1 Å². The Morgan fingerprint density at radius 1 is 1.25 bits per heavy atom. The summed E-state index contributed by atoms with van der Waals surface area (Å²) in [6.45, 7) is 2.45. The number of thioether (sulfide) groups is 1. The number of allylic oxidation sites excluding steroid dienone is 1. The quantitative estimate of drug-likeness (QED) is 0.864. The average Bonchev–Trinajstić information content (AvgIpc) is 2.58. The number of benzene rings is 1. The Morgan fingerprint density at radius 3 is 2.50 bits per heavy atom. The van der Waals surface area contributed by atoms with E-state index in [0.29, 0.717) is 23.4 Å². The van der Waals surface area contributed by atoms with Gasteiger partial charge in [-0.1, -0.05) is 42.1 Å². The summed E-state index contributed by atoms with van der Waals surface area (Å²) < 4.78 is 0. The van der Waals surface area contributed by atoms with Gasteiger partial charge in [-0.25, -0.2) is 0 Å². The van der Waals surface area contributed by atoms with Gasteiger partial charge in [-0.15, -0.1) is 0 Å². The first-order chi connectivity index (χ1) is 11.6. The summed E-state index contributed by atoms with van der Waals surface area (Å²) in [6, 6.07) is 14.8. The molecule has 0 saturated carbocycles. The van der Waals surface area contributed by atoms with Crippen molar-refractivity contribution in [2.45, 2.75) is 19.4 Å². The van der Waals surface area contributed by atoms with Crippen LogP contribution in [0.15, 0.2) is 40.9 Å². The molecular formula is C18H19N5S. The van der Waals surface area contributed by atoms with Crippen molar-refractivity contribution in [2.75, 3.05) is 13.1 Å². The van der Waals surface area contributed by atoms with E-state index in [0.717, 1.165) is 31.4 Å². The monoisotopic (exact) mass is 337 g/mol. The minimum absolute atomic E-state index is 0.269. The third kappa shape index (κ3) is 2.80. The zero-order valence-electron chi connectivity index (χ0n) is 13.3. The second kappa shape index (κ2) is 6.68. The van der Waals surface area contributed by atoms with E-state index in [9.17, 15) is 10.5 Å². The van der Waals surface area contributed by atoms with Crippen LogP contribution in [0.1, 0.15) is 18.4 Å². The van der Waals surface area contributed by atoms with E-state index in [2.05, 4.69) is 29.2 Å². The van der Waals surface area contributed by atoms with E-state index in [4.69, 9.17) is 11.1 Å². The van der Waals surface area contributed by atoms with Gasteiger partial charge in [-0.2, -0.15) is 10.5 Å². The van der Waals surface area contributed by atoms with E-state index < -0.39 is 11.3 Å². The van der Waals surface area contributed by atoms with Gasteiger partial charge in [0.1, 0.15) is 5.92 Å². The third-order valence-electron chi connectivity index (χ3n) is 5.02. The summed E-state index contributed by atoms with van der Waals surface area (Å²) in [7, 11) is 0. The fraction of sp³-hybridized carbons (Fsp3) is 0.389. The van der Waals surface area contributed by atoms with E-state index in [1.807, 2.05) is 18.2 Å². The lowest BCUT2D eigenvalue weighted by Crippen LogP contribution is -2.48. The molecule has 1 aromatic rings. The fourth-order valence-corrected chi connectivity index (χ4v) is 4.69. The molecular weight excluding hydrogens is 318 g/mol. The zero-order valence-corrected chi connectivity index (χ0v) is 14.1. The molecule has 1 aromatic carbocycles. The van der Waals surface area contributed by atoms with E-state index >= 15 is 0 Å².